The van der Waals surface area contributed by atoms with E-state index >= 15 is 0 Å². The molecule has 0 aliphatic heterocycles. The number of esters is 1. The predicted molar refractivity (Wildman–Crippen MR) is 105 cm³/mol. The van der Waals surface area contributed by atoms with Gasteiger partial charge in [-0.3, -0.25) is 4.79 Å². The Bertz CT molecular complexity index is 764. The lowest BCUT2D eigenvalue weighted by Crippen LogP contribution is -2.14. The van der Waals surface area contributed by atoms with E-state index in [1.165, 1.54) is 11.3 Å². The van der Waals surface area contributed by atoms with Crippen molar-refractivity contribution in [2.75, 3.05) is 11.9 Å². The molecular weight excluding hydrogens is 354 g/mol. The molecule has 134 valence electrons. The molecule has 0 saturated carbocycles. The molecule has 2 rings (SSSR count). The Morgan fingerprint density at radius 1 is 1.20 bits per heavy atom. The number of carbonyl (C=O) groups excluding carboxylic acids is 2. The van der Waals surface area contributed by atoms with Crippen LogP contribution < -0.4 is 5.32 Å². The fourth-order valence-corrected chi connectivity index (χ4v) is 4.18. The van der Waals surface area contributed by atoms with Gasteiger partial charge in [0.05, 0.1) is 12.2 Å². The molecule has 1 aromatic heterocycles. The highest BCUT2D eigenvalue weighted by atomic mass is 32.2. The Balaban J connectivity index is 2.20. The van der Waals surface area contributed by atoms with Crippen LogP contribution in [0.4, 0.5) is 5.00 Å². The molecule has 0 aliphatic carbocycles. The average molecular weight is 378 g/mol. The van der Waals surface area contributed by atoms with Crippen LogP contribution in [0.1, 0.15) is 51.9 Å². The number of rotatable bonds is 6. The first-order valence-electron chi connectivity index (χ1n) is 8.18. The van der Waals surface area contributed by atoms with Crippen LogP contribution in [0.25, 0.3) is 0 Å². The van der Waals surface area contributed by atoms with Crippen molar-refractivity contribution in [3.05, 3.63) is 45.8 Å². The maximum absolute atomic E-state index is 12.5. The topological polar surface area (TPSA) is 55.4 Å². The Morgan fingerprint density at radius 2 is 1.84 bits per heavy atom. The lowest BCUT2D eigenvalue weighted by atomic mass is 10.1. The van der Waals surface area contributed by atoms with Crippen LogP contribution in [-0.2, 0) is 4.74 Å². The van der Waals surface area contributed by atoms with E-state index in [0.29, 0.717) is 28.0 Å². The van der Waals surface area contributed by atoms with Crippen LogP contribution in [0, 0.1) is 13.8 Å². The maximum atomic E-state index is 12.5. The van der Waals surface area contributed by atoms with E-state index in [-0.39, 0.29) is 5.91 Å². The molecule has 1 aromatic carbocycles. The zero-order valence-electron chi connectivity index (χ0n) is 15.1. The Morgan fingerprint density at radius 3 is 2.40 bits per heavy atom. The first kappa shape index (κ1) is 19.5. The smallest absolute Gasteiger partial charge is 0.341 e. The molecular formula is C19H23NO3S2. The molecule has 1 amide bonds. The van der Waals surface area contributed by atoms with Crippen molar-refractivity contribution in [3.63, 3.8) is 0 Å². The Kier molecular flexibility index (Phi) is 6.67. The molecule has 0 spiro atoms. The second-order valence-electron chi connectivity index (χ2n) is 5.85. The van der Waals surface area contributed by atoms with E-state index in [4.69, 9.17) is 4.74 Å². The van der Waals surface area contributed by atoms with Gasteiger partial charge in [0, 0.05) is 20.6 Å². The number of anilines is 1. The van der Waals surface area contributed by atoms with E-state index in [1.807, 2.05) is 26.0 Å². The molecule has 0 radical (unpaired) electrons. The van der Waals surface area contributed by atoms with Gasteiger partial charge in [-0.25, -0.2) is 4.79 Å². The van der Waals surface area contributed by atoms with Crippen LogP contribution >= 0.6 is 23.1 Å². The number of hydrogen-bond donors (Lipinski definition) is 1. The lowest BCUT2D eigenvalue weighted by Gasteiger charge is -2.08. The van der Waals surface area contributed by atoms with Crippen molar-refractivity contribution in [1.82, 2.24) is 0 Å². The minimum absolute atomic E-state index is 0.229. The van der Waals surface area contributed by atoms with Crippen molar-refractivity contribution in [3.8, 4) is 0 Å². The Hall–Kier alpha value is -1.79. The summed E-state index contributed by atoms with van der Waals surface area (Å²) in [6, 6.07) is 7.49. The molecule has 25 heavy (non-hydrogen) atoms. The minimum atomic E-state index is -0.400. The molecule has 1 N–H and O–H groups in total. The number of benzene rings is 1. The third kappa shape index (κ3) is 4.86. The van der Waals surface area contributed by atoms with Gasteiger partial charge in [0.2, 0.25) is 0 Å². The van der Waals surface area contributed by atoms with E-state index in [2.05, 4.69) is 19.2 Å². The van der Waals surface area contributed by atoms with Crippen molar-refractivity contribution in [2.45, 2.75) is 44.8 Å². The van der Waals surface area contributed by atoms with Crippen LogP contribution in [0.5, 0.6) is 0 Å². The highest BCUT2D eigenvalue weighted by Gasteiger charge is 2.22. The third-order valence-corrected chi connectivity index (χ3v) is 5.72. The first-order chi connectivity index (χ1) is 11.8. The van der Waals surface area contributed by atoms with Crippen LogP contribution in [0.3, 0.4) is 0 Å². The SMILES string of the molecule is CCOC(=O)c1c(NC(=O)c2ccc(SC(C)C)cc2)sc(C)c1C. The molecule has 0 bridgehead atoms. The second kappa shape index (κ2) is 8.54. The van der Waals surface area contributed by atoms with E-state index in [0.717, 1.165) is 15.3 Å². The number of carbonyl (C=O) groups is 2. The Labute approximate surface area is 157 Å². The fourth-order valence-electron chi connectivity index (χ4n) is 2.30. The fraction of sp³-hybridized carbons (Fsp3) is 0.368. The van der Waals surface area contributed by atoms with Crippen molar-refractivity contribution in [2.24, 2.45) is 0 Å². The molecule has 0 atom stereocenters. The van der Waals surface area contributed by atoms with Crippen molar-refractivity contribution < 1.29 is 14.3 Å². The number of nitrogens with one attached hydrogen (secondary N) is 1. The van der Waals surface area contributed by atoms with Gasteiger partial charge in [-0.2, -0.15) is 0 Å². The van der Waals surface area contributed by atoms with E-state index in [9.17, 15) is 9.59 Å². The van der Waals surface area contributed by atoms with E-state index in [1.54, 1.807) is 30.8 Å². The number of amides is 1. The number of hydrogen-bond acceptors (Lipinski definition) is 5. The normalized spacial score (nSPS) is 10.8. The molecule has 4 nitrogen and oxygen atoms in total. The molecule has 6 heteroatoms. The summed E-state index contributed by atoms with van der Waals surface area (Å²) in [5.41, 5.74) is 1.86. The zero-order valence-corrected chi connectivity index (χ0v) is 16.8. The maximum Gasteiger partial charge on any atom is 0.341 e. The highest BCUT2D eigenvalue weighted by molar-refractivity contribution is 7.99. The third-order valence-electron chi connectivity index (χ3n) is 3.58. The average Bonchev–Trinajstić information content (AvgIpc) is 2.82. The molecule has 0 aliphatic rings. The second-order valence-corrected chi connectivity index (χ2v) is 8.73. The molecule has 0 fully saturated rings. The van der Waals surface area contributed by atoms with Gasteiger partial charge in [0.25, 0.3) is 5.91 Å². The van der Waals surface area contributed by atoms with Crippen LogP contribution in [-0.4, -0.2) is 23.7 Å². The van der Waals surface area contributed by atoms with Crippen molar-refractivity contribution in [1.29, 1.82) is 0 Å². The molecule has 0 saturated heterocycles. The first-order valence-corrected chi connectivity index (χ1v) is 9.88. The predicted octanol–water partition coefficient (Wildman–Crippen LogP) is 5.29. The van der Waals surface area contributed by atoms with Crippen LogP contribution in [0.2, 0.25) is 0 Å². The van der Waals surface area contributed by atoms with Crippen LogP contribution in [0.15, 0.2) is 29.2 Å². The highest BCUT2D eigenvalue weighted by Crippen LogP contribution is 2.33. The van der Waals surface area contributed by atoms with Crippen molar-refractivity contribution >= 4 is 40.0 Å². The summed E-state index contributed by atoms with van der Waals surface area (Å²) in [6.45, 7) is 10.1. The standard InChI is InChI=1S/C19H23NO3S2/c1-6-23-19(22)16-12(4)13(5)25-18(16)20-17(21)14-7-9-15(10-8-14)24-11(2)3/h7-11H,6H2,1-5H3,(H,20,21). The monoisotopic (exact) mass is 377 g/mol. The number of thioether (sulfide) groups is 1. The minimum Gasteiger partial charge on any atom is -0.462 e. The van der Waals surface area contributed by atoms with Gasteiger partial charge in [-0.15, -0.1) is 23.1 Å². The summed E-state index contributed by atoms with van der Waals surface area (Å²) in [5, 5.41) is 3.89. The summed E-state index contributed by atoms with van der Waals surface area (Å²) >= 11 is 3.14. The quantitative estimate of drug-likeness (QED) is 0.549. The zero-order chi connectivity index (χ0) is 18.6. The summed E-state index contributed by atoms with van der Waals surface area (Å²) in [7, 11) is 0. The molecule has 1 heterocycles. The van der Waals surface area contributed by atoms with Gasteiger partial charge in [0.15, 0.2) is 0 Å². The van der Waals surface area contributed by atoms with Gasteiger partial charge >= 0.3 is 5.97 Å². The summed E-state index contributed by atoms with van der Waals surface area (Å²) in [6.07, 6.45) is 0. The lowest BCUT2D eigenvalue weighted by molar-refractivity contribution is 0.0527. The summed E-state index contributed by atoms with van der Waals surface area (Å²) in [4.78, 5) is 26.8. The molecule has 2 aromatic rings. The number of ether oxygens (including phenoxy) is 1. The molecule has 0 unspecified atom stereocenters. The van der Waals surface area contributed by atoms with Gasteiger partial charge in [0.1, 0.15) is 5.00 Å². The van der Waals surface area contributed by atoms with E-state index < -0.39 is 5.97 Å². The van der Waals surface area contributed by atoms with Gasteiger partial charge in [-0.1, -0.05) is 13.8 Å². The number of thiophene rings is 1. The summed E-state index contributed by atoms with van der Waals surface area (Å²) in [5.74, 6) is -0.628. The van der Waals surface area contributed by atoms with Gasteiger partial charge in [-0.05, 0) is 50.6 Å². The number of aryl methyl sites for hydroxylation is 1. The van der Waals surface area contributed by atoms with Gasteiger partial charge < -0.3 is 10.1 Å². The summed E-state index contributed by atoms with van der Waals surface area (Å²) < 4.78 is 5.12. The largest absolute Gasteiger partial charge is 0.462 e.